The molecule has 1 aliphatic carbocycles. The number of ketones is 1. The van der Waals surface area contributed by atoms with Crippen molar-refractivity contribution in [2.24, 2.45) is 0 Å². The predicted octanol–water partition coefficient (Wildman–Crippen LogP) is 2.28. The normalized spacial score (nSPS) is 19.5. The number of non-ortho nitro benzene ring substituents is 1. The second kappa shape index (κ2) is 2.90. The molecule has 72 valence electrons. The third kappa shape index (κ3) is 1.19. The van der Waals surface area contributed by atoms with E-state index in [4.69, 9.17) is 0 Å². The third-order valence-electron chi connectivity index (χ3n) is 2.57. The van der Waals surface area contributed by atoms with Gasteiger partial charge < -0.3 is 0 Å². The fourth-order valence-electron chi connectivity index (χ4n) is 1.83. The van der Waals surface area contributed by atoms with Crippen molar-refractivity contribution in [2.45, 2.75) is 19.3 Å². The molecule has 0 amide bonds. The Balaban J connectivity index is 2.55. The van der Waals surface area contributed by atoms with Gasteiger partial charge in [0.2, 0.25) is 0 Å². The van der Waals surface area contributed by atoms with E-state index in [1.807, 2.05) is 6.92 Å². The molecule has 4 heteroatoms. The van der Waals surface area contributed by atoms with Crippen LogP contribution >= 0.6 is 0 Å². The zero-order chi connectivity index (χ0) is 10.3. The lowest BCUT2D eigenvalue weighted by molar-refractivity contribution is -0.384. The van der Waals surface area contributed by atoms with E-state index in [9.17, 15) is 14.9 Å². The Morgan fingerprint density at radius 3 is 2.86 bits per heavy atom. The van der Waals surface area contributed by atoms with E-state index < -0.39 is 4.92 Å². The summed E-state index contributed by atoms with van der Waals surface area (Å²) in [5, 5.41) is 10.5. The molecule has 1 aliphatic rings. The number of hydrogen-bond donors (Lipinski definition) is 0. The maximum Gasteiger partial charge on any atom is 0.270 e. The summed E-state index contributed by atoms with van der Waals surface area (Å²) in [5.41, 5.74) is 1.44. The molecular formula is C10H9NO3. The lowest BCUT2D eigenvalue weighted by Gasteiger charge is -2.01. The summed E-state index contributed by atoms with van der Waals surface area (Å²) in [4.78, 5) is 21.4. The van der Waals surface area contributed by atoms with Crippen LogP contribution in [0, 0.1) is 10.1 Å². The number of benzene rings is 1. The minimum Gasteiger partial charge on any atom is -0.294 e. The summed E-state index contributed by atoms with van der Waals surface area (Å²) in [5.74, 6) is 0.203. The van der Waals surface area contributed by atoms with Crippen LogP contribution in [0.2, 0.25) is 0 Å². The summed E-state index contributed by atoms with van der Waals surface area (Å²) in [6, 6.07) is 4.51. The zero-order valence-corrected chi connectivity index (χ0v) is 7.69. The second-order valence-electron chi connectivity index (χ2n) is 3.56. The molecule has 0 aliphatic heterocycles. The highest BCUT2D eigenvalue weighted by Gasteiger charge is 2.27. The minimum absolute atomic E-state index is 0.00815. The van der Waals surface area contributed by atoms with Crippen molar-refractivity contribution < 1.29 is 9.72 Å². The van der Waals surface area contributed by atoms with Gasteiger partial charge >= 0.3 is 0 Å². The zero-order valence-electron chi connectivity index (χ0n) is 7.69. The quantitative estimate of drug-likeness (QED) is 0.505. The average Bonchev–Trinajstić information content (AvgIpc) is 2.42. The van der Waals surface area contributed by atoms with Crippen LogP contribution in [0.25, 0.3) is 0 Å². The SMILES string of the molecule is C[C@@H]1CC(=O)c2cc([N+](=O)[O-])ccc21. The van der Waals surface area contributed by atoms with Crippen LogP contribution in [0.4, 0.5) is 5.69 Å². The molecule has 1 atom stereocenters. The van der Waals surface area contributed by atoms with E-state index >= 15 is 0 Å². The highest BCUT2D eigenvalue weighted by atomic mass is 16.6. The van der Waals surface area contributed by atoms with Crippen LogP contribution in [0.15, 0.2) is 18.2 Å². The number of Topliss-reactive ketones (excluding diaryl/α,β-unsaturated/α-hetero) is 1. The lowest BCUT2D eigenvalue weighted by atomic mass is 10.0. The van der Waals surface area contributed by atoms with Gasteiger partial charge in [0.1, 0.15) is 0 Å². The van der Waals surface area contributed by atoms with Gasteiger partial charge in [-0.2, -0.15) is 0 Å². The molecule has 0 unspecified atom stereocenters. The van der Waals surface area contributed by atoms with Crippen LogP contribution in [0.3, 0.4) is 0 Å². The Labute approximate surface area is 80.7 Å². The number of fused-ring (bicyclic) bond motifs is 1. The fraction of sp³-hybridized carbons (Fsp3) is 0.300. The van der Waals surface area contributed by atoms with Gasteiger partial charge in [0.25, 0.3) is 5.69 Å². The Morgan fingerprint density at radius 2 is 2.21 bits per heavy atom. The first-order valence-electron chi connectivity index (χ1n) is 4.41. The molecule has 0 bridgehead atoms. The Kier molecular flexibility index (Phi) is 1.84. The van der Waals surface area contributed by atoms with Gasteiger partial charge in [0.15, 0.2) is 5.78 Å². The topological polar surface area (TPSA) is 60.2 Å². The van der Waals surface area contributed by atoms with Crippen molar-refractivity contribution >= 4 is 11.5 Å². The highest BCUT2D eigenvalue weighted by Crippen LogP contribution is 2.34. The van der Waals surface area contributed by atoms with Crippen molar-refractivity contribution in [3.05, 3.63) is 39.4 Å². The third-order valence-corrected chi connectivity index (χ3v) is 2.57. The summed E-state index contributed by atoms with van der Waals surface area (Å²) in [6.45, 7) is 1.95. The van der Waals surface area contributed by atoms with Crippen LogP contribution in [-0.4, -0.2) is 10.7 Å². The number of nitro groups is 1. The van der Waals surface area contributed by atoms with Crippen LogP contribution in [0.5, 0.6) is 0 Å². The predicted molar refractivity (Wildman–Crippen MR) is 50.5 cm³/mol. The molecule has 1 aromatic carbocycles. The molecule has 0 heterocycles. The summed E-state index contributed by atoms with van der Waals surface area (Å²) < 4.78 is 0. The van der Waals surface area contributed by atoms with Gasteiger partial charge in [-0.3, -0.25) is 14.9 Å². The second-order valence-corrected chi connectivity index (χ2v) is 3.56. The van der Waals surface area contributed by atoms with Crippen molar-refractivity contribution in [1.29, 1.82) is 0 Å². The van der Waals surface area contributed by atoms with Gasteiger partial charge in [-0.05, 0) is 11.5 Å². The number of rotatable bonds is 1. The average molecular weight is 191 g/mol. The van der Waals surface area contributed by atoms with E-state index in [2.05, 4.69) is 0 Å². The molecule has 0 saturated carbocycles. The number of hydrogen-bond acceptors (Lipinski definition) is 3. The van der Waals surface area contributed by atoms with E-state index in [0.717, 1.165) is 5.56 Å². The Morgan fingerprint density at radius 1 is 1.50 bits per heavy atom. The van der Waals surface area contributed by atoms with E-state index in [1.54, 1.807) is 6.07 Å². The van der Waals surface area contributed by atoms with Crippen molar-refractivity contribution in [2.75, 3.05) is 0 Å². The lowest BCUT2D eigenvalue weighted by Crippen LogP contribution is -1.94. The smallest absolute Gasteiger partial charge is 0.270 e. The molecule has 0 spiro atoms. The highest BCUT2D eigenvalue weighted by molar-refractivity contribution is 6.01. The molecule has 0 saturated heterocycles. The number of carbonyl (C=O) groups is 1. The molecule has 14 heavy (non-hydrogen) atoms. The largest absolute Gasteiger partial charge is 0.294 e. The van der Waals surface area contributed by atoms with E-state index in [-0.39, 0.29) is 17.4 Å². The first kappa shape index (κ1) is 8.87. The minimum atomic E-state index is -0.476. The molecular weight excluding hydrogens is 182 g/mol. The maximum atomic E-state index is 11.4. The molecule has 4 nitrogen and oxygen atoms in total. The van der Waals surface area contributed by atoms with Gasteiger partial charge in [0.05, 0.1) is 4.92 Å². The molecule has 0 aromatic heterocycles. The van der Waals surface area contributed by atoms with Crippen LogP contribution < -0.4 is 0 Å². The van der Waals surface area contributed by atoms with Gasteiger partial charge in [0, 0.05) is 24.1 Å². The number of nitro benzene ring substituents is 1. The first-order valence-corrected chi connectivity index (χ1v) is 4.41. The number of carbonyl (C=O) groups excluding carboxylic acids is 1. The van der Waals surface area contributed by atoms with E-state index in [0.29, 0.717) is 12.0 Å². The Hall–Kier alpha value is -1.71. The molecule has 0 fully saturated rings. The standard InChI is InChI=1S/C10H9NO3/c1-6-4-10(12)9-5-7(11(13)14)2-3-8(6)9/h2-3,5-6H,4H2,1H3/t6-/m1/s1. The summed E-state index contributed by atoms with van der Waals surface area (Å²) in [7, 11) is 0. The van der Waals surface area contributed by atoms with Crippen molar-refractivity contribution in [3.8, 4) is 0 Å². The fourth-order valence-corrected chi connectivity index (χ4v) is 1.83. The van der Waals surface area contributed by atoms with Crippen molar-refractivity contribution in [1.82, 2.24) is 0 Å². The Bertz CT molecular complexity index is 425. The number of nitrogens with zero attached hydrogens (tertiary/aromatic N) is 1. The van der Waals surface area contributed by atoms with Crippen LogP contribution in [-0.2, 0) is 0 Å². The first-order chi connectivity index (χ1) is 6.59. The molecule has 0 N–H and O–H groups in total. The monoisotopic (exact) mass is 191 g/mol. The van der Waals surface area contributed by atoms with Crippen molar-refractivity contribution in [3.63, 3.8) is 0 Å². The van der Waals surface area contributed by atoms with E-state index in [1.165, 1.54) is 12.1 Å². The van der Waals surface area contributed by atoms with Gasteiger partial charge in [-0.15, -0.1) is 0 Å². The van der Waals surface area contributed by atoms with Gasteiger partial charge in [-0.1, -0.05) is 13.0 Å². The summed E-state index contributed by atoms with van der Waals surface area (Å²) in [6.07, 6.45) is 0.469. The molecule has 0 radical (unpaired) electrons. The molecule has 1 aromatic rings. The molecule has 2 rings (SSSR count). The maximum absolute atomic E-state index is 11.4. The van der Waals surface area contributed by atoms with Gasteiger partial charge in [-0.25, -0.2) is 0 Å². The summed E-state index contributed by atoms with van der Waals surface area (Å²) >= 11 is 0. The van der Waals surface area contributed by atoms with Crippen LogP contribution in [0.1, 0.15) is 35.2 Å².